The summed E-state index contributed by atoms with van der Waals surface area (Å²) in [5.74, 6) is 1.72. The van der Waals surface area contributed by atoms with Gasteiger partial charge in [-0.05, 0) is 17.7 Å². The highest BCUT2D eigenvalue weighted by molar-refractivity contribution is 14.0. The standard InChI is InChI=1S/C24H33N5O2.HI/c1-27(2)23(30)20-26-24(25-13-12-22-11-7-19-31-22)29-17-15-28(16-18-29)14-6-10-21-8-4-3-5-9-21;/h3-11,19H,12-18,20H2,1-2H3,(H,25,26);1H/b10-6+;. The van der Waals surface area contributed by atoms with E-state index in [4.69, 9.17) is 4.42 Å². The first-order chi connectivity index (χ1) is 15.1. The van der Waals surface area contributed by atoms with Gasteiger partial charge >= 0.3 is 0 Å². The Morgan fingerprint density at radius 3 is 2.53 bits per heavy atom. The van der Waals surface area contributed by atoms with E-state index in [-0.39, 0.29) is 36.4 Å². The van der Waals surface area contributed by atoms with E-state index >= 15 is 0 Å². The van der Waals surface area contributed by atoms with Crippen LogP contribution >= 0.6 is 24.0 Å². The van der Waals surface area contributed by atoms with Gasteiger partial charge in [-0.2, -0.15) is 0 Å². The Hall–Kier alpha value is -2.33. The molecule has 1 N–H and O–H groups in total. The first-order valence-electron chi connectivity index (χ1n) is 10.8. The number of rotatable bonds is 8. The average Bonchev–Trinajstić information content (AvgIpc) is 3.31. The van der Waals surface area contributed by atoms with E-state index in [1.165, 1.54) is 5.56 Å². The van der Waals surface area contributed by atoms with E-state index in [0.717, 1.165) is 50.9 Å². The van der Waals surface area contributed by atoms with E-state index in [2.05, 4.69) is 56.5 Å². The zero-order valence-corrected chi connectivity index (χ0v) is 21.3. The van der Waals surface area contributed by atoms with E-state index in [0.29, 0.717) is 6.54 Å². The van der Waals surface area contributed by atoms with Gasteiger partial charge in [-0.1, -0.05) is 42.5 Å². The van der Waals surface area contributed by atoms with Gasteiger partial charge in [0, 0.05) is 59.8 Å². The number of halogens is 1. The van der Waals surface area contributed by atoms with Crippen molar-refractivity contribution in [3.63, 3.8) is 0 Å². The van der Waals surface area contributed by atoms with Gasteiger partial charge in [0.25, 0.3) is 0 Å². The summed E-state index contributed by atoms with van der Waals surface area (Å²) >= 11 is 0. The number of amides is 1. The predicted octanol–water partition coefficient (Wildman–Crippen LogP) is 2.80. The Morgan fingerprint density at radius 1 is 1.12 bits per heavy atom. The number of benzene rings is 1. The Kier molecular flexibility index (Phi) is 11.3. The summed E-state index contributed by atoms with van der Waals surface area (Å²) in [5.41, 5.74) is 1.22. The van der Waals surface area contributed by atoms with Crippen molar-refractivity contribution in [1.82, 2.24) is 20.0 Å². The van der Waals surface area contributed by atoms with E-state index in [1.807, 2.05) is 18.2 Å². The summed E-state index contributed by atoms with van der Waals surface area (Å²) < 4.78 is 5.41. The molecule has 1 saturated heterocycles. The fourth-order valence-electron chi connectivity index (χ4n) is 3.35. The molecule has 0 atom stereocenters. The largest absolute Gasteiger partial charge is 0.469 e. The van der Waals surface area contributed by atoms with Crippen LogP contribution in [0.2, 0.25) is 0 Å². The van der Waals surface area contributed by atoms with Crippen molar-refractivity contribution >= 4 is 41.9 Å². The second-order valence-electron chi connectivity index (χ2n) is 7.78. The summed E-state index contributed by atoms with van der Waals surface area (Å²) in [7, 11) is 3.51. The lowest BCUT2D eigenvalue weighted by molar-refractivity contribution is -0.127. The zero-order chi connectivity index (χ0) is 21.9. The van der Waals surface area contributed by atoms with Crippen LogP contribution in [-0.4, -0.2) is 86.5 Å². The van der Waals surface area contributed by atoms with Crippen molar-refractivity contribution in [3.8, 4) is 0 Å². The predicted molar refractivity (Wildman–Crippen MR) is 140 cm³/mol. The number of hydrogen-bond acceptors (Lipinski definition) is 4. The molecule has 174 valence electrons. The van der Waals surface area contributed by atoms with Crippen LogP contribution in [0.25, 0.3) is 6.08 Å². The molecule has 0 saturated carbocycles. The number of likely N-dealkylation sites (N-methyl/N-ethyl adjacent to an activating group) is 1. The van der Waals surface area contributed by atoms with Gasteiger partial charge in [-0.25, -0.2) is 4.99 Å². The number of nitrogens with zero attached hydrogens (tertiary/aromatic N) is 4. The number of piperazine rings is 1. The van der Waals surface area contributed by atoms with Crippen LogP contribution < -0.4 is 5.32 Å². The SMILES string of the molecule is CN(C)C(=O)CN=C(NCCc1ccco1)N1CCN(C/C=C/c2ccccc2)CC1.I. The highest BCUT2D eigenvalue weighted by Gasteiger charge is 2.19. The summed E-state index contributed by atoms with van der Waals surface area (Å²) in [6.45, 7) is 5.46. The van der Waals surface area contributed by atoms with E-state index < -0.39 is 0 Å². The number of furan rings is 1. The van der Waals surface area contributed by atoms with E-state index in [1.54, 1.807) is 25.3 Å². The third-order valence-electron chi connectivity index (χ3n) is 5.24. The average molecular weight is 551 g/mol. The number of carbonyl (C=O) groups excluding carboxylic acids is 1. The molecule has 1 aliphatic rings. The molecule has 2 aromatic rings. The molecular weight excluding hydrogens is 517 g/mol. The zero-order valence-electron chi connectivity index (χ0n) is 18.9. The molecule has 1 aromatic carbocycles. The number of carbonyl (C=O) groups is 1. The Morgan fingerprint density at radius 2 is 1.88 bits per heavy atom. The highest BCUT2D eigenvalue weighted by Crippen LogP contribution is 2.06. The fourth-order valence-corrected chi connectivity index (χ4v) is 3.35. The van der Waals surface area contributed by atoms with Gasteiger partial charge in [-0.3, -0.25) is 9.69 Å². The molecule has 0 bridgehead atoms. The molecular formula is C24H34IN5O2. The number of aliphatic imine (C=N–C) groups is 1. The summed E-state index contributed by atoms with van der Waals surface area (Å²) in [6, 6.07) is 14.2. The van der Waals surface area contributed by atoms with Gasteiger partial charge in [0.1, 0.15) is 12.3 Å². The van der Waals surface area contributed by atoms with Gasteiger partial charge in [-0.15, -0.1) is 24.0 Å². The molecule has 0 radical (unpaired) electrons. The molecule has 3 rings (SSSR count). The Balaban J connectivity index is 0.00000363. The van der Waals surface area contributed by atoms with Crippen LogP contribution in [0.5, 0.6) is 0 Å². The van der Waals surface area contributed by atoms with Crippen LogP contribution in [0.1, 0.15) is 11.3 Å². The summed E-state index contributed by atoms with van der Waals surface area (Å²) in [6.07, 6.45) is 6.85. The quantitative estimate of drug-likeness (QED) is 0.311. The number of hydrogen-bond donors (Lipinski definition) is 1. The van der Waals surface area contributed by atoms with Crippen LogP contribution in [0.3, 0.4) is 0 Å². The molecule has 1 fully saturated rings. The van der Waals surface area contributed by atoms with Crippen LogP contribution in [-0.2, 0) is 11.2 Å². The van der Waals surface area contributed by atoms with Crippen molar-refractivity contribution in [3.05, 3.63) is 66.1 Å². The van der Waals surface area contributed by atoms with Crippen molar-refractivity contribution in [2.75, 3.05) is 59.9 Å². The van der Waals surface area contributed by atoms with Crippen molar-refractivity contribution in [1.29, 1.82) is 0 Å². The smallest absolute Gasteiger partial charge is 0.243 e. The lowest BCUT2D eigenvalue weighted by Gasteiger charge is -2.36. The highest BCUT2D eigenvalue weighted by atomic mass is 127. The maximum atomic E-state index is 12.0. The minimum Gasteiger partial charge on any atom is -0.469 e. The topological polar surface area (TPSA) is 64.3 Å². The molecule has 8 heteroatoms. The van der Waals surface area contributed by atoms with Gasteiger partial charge < -0.3 is 19.5 Å². The molecule has 32 heavy (non-hydrogen) atoms. The molecule has 1 aliphatic heterocycles. The monoisotopic (exact) mass is 551 g/mol. The van der Waals surface area contributed by atoms with Crippen molar-refractivity contribution in [2.24, 2.45) is 4.99 Å². The van der Waals surface area contributed by atoms with Crippen molar-refractivity contribution < 1.29 is 9.21 Å². The second kappa shape index (κ2) is 13.9. The third kappa shape index (κ3) is 8.66. The van der Waals surface area contributed by atoms with Gasteiger partial charge in [0.05, 0.1) is 6.26 Å². The van der Waals surface area contributed by atoms with Crippen LogP contribution in [0.4, 0.5) is 0 Å². The summed E-state index contributed by atoms with van der Waals surface area (Å²) in [5, 5.41) is 3.41. The minimum absolute atomic E-state index is 0. The molecule has 2 heterocycles. The molecule has 0 unspecified atom stereocenters. The first-order valence-corrected chi connectivity index (χ1v) is 10.8. The van der Waals surface area contributed by atoms with Crippen LogP contribution in [0.15, 0.2) is 64.2 Å². The lowest BCUT2D eigenvalue weighted by atomic mass is 10.2. The number of nitrogens with one attached hydrogen (secondary N) is 1. The third-order valence-corrected chi connectivity index (χ3v) is 5.24. The van der Waals surface area contributed by atoms with E-state index in [9.17, 15) is 4.79 Å². The summed E-state index contributed by atoms with van der Waals surface area (Å²) in [4.78, 5) is 22.9. The maximum Gasteiger partial charge on any atom is 0.243 e. The van der Waals surface area contributed by atoms with Crippen LogP contribution in [0, 0.1) is 0 Å². The van der Waals surface area contributed by atoms with Crippen molar-refractivity contribution in [2.45, 2.75) is 6.42 Å². The molecule has 0 aliphatic carbocycles. The first kappa shape index (κ1) is 25.9. The van der Waals surface area contributed by atoms with Gasteiger partial charge in [0.15, 0.2) is 5.96 Å². The maximum absolute atomic E-state index is 12.0. The lowest BCUT2D eigenvalue weighted by Crippen LogP contribution is -2.52. The number of guanidine groups is 1. The Bertz CT molecular complexity index is 845. The van der Waals surface area contributed by atoms with Gasteiger partial charge in [0.2, 0.25) is 5.91 Å². The molecule has 0 spiro atoms. The minimum atomic E-state index is -0.00461. The Labute approximate surface area is 208 Å². The normalized spacial score (nSPS) is 14.9. The second-order valence-corrected chi connectivity index (χ2v) is 7.78. The molecule has 7 nitrogen and oxygen atoms in total. The molecule has 1 aromatic heterocycles. The fraction of sp³-hybridized carbons (Fsp3) is 0.417. The molecule has 1 amide bonds.